The number of nitrogens with two attached hydrogens (primary N) is 1. The van der Waals surface area contributed by atoms with Crippen molar-refractivity contribution in [3.05, 3.63) is 29.3 Å². The summed E-state index contributed by atoms with van der Waals surface area (Å²) >= 11 is 0. The van der Waals surface area contributed by atoms with Crippen LogP contribution in [0.3, 0.4) is 0 Å². The first kappa shape index (κ1) is 6.68. The molecule has 2 N–H and O–H groups in total. The van der Waals surface area contributed by atoms with Gasteiger partial charge in [-0.25, -0.2) is 0 Å². The Hall–Kier alpha value is -1.02. The zero-order chi connectivity index (χ0) is 7.84. The summed E-state index contributed by atoms with van der Waals surface area (Å²) in [5.74, 6) is 0.956. The molecule has 0 spiro atoms. The summed E-state index contributed by atoms with van der Waals surface area (Å²) in [4.78, 5) is 0. The Morgan fingerprint density at radius 1 is 1.55 bits per heavy atom. The van der Waals surface area contributed by atoms with E-state index in [0.29, 0.717) is 6.61 Å². The second kappa shape index (κ2) is 2.24. The monoisotopic (exact) mass is 149 g/mol. The molecule has 1 aromatic rings. The van der Waals surface area contributed by atoms with Gasteiger partial charge in [0, 0.05) is 5.56 Å². The molecule has 1 aliphatic rings. The Morgan fingerprint density at radius 3 is 3.18 bits per heavy atom. The molecule has 0 saturated heterocycles. The van der Waals surface area contributed by atoms with E-state index >= 15 is 0 Å². The fourth-order valence-electron chi connectivity index (χ4n) is 1.34. The standard InChI is InChI=1S/C9H11NO/c1-6-2-3-7-8(10)5-11-9(7)4-6/h2-4,8H,5,10H2,1H3/t8-/m0/s1. The van der Waals surface area contributed by atoms with Crippen LogP contribution in [-0.2, 0) is 0 Å². The first-order chi connectivity index (χ1) is 5.27. The summed E-state index contributed by atoms with van der Waals surface area (Å²) in [5.41, 5.74) is 8.13. The molecule has 1 heterocycles. The van der Waals surface area contributed by atoms with Gasteiger partial charge in [-0.1, -0.05) is 12.1 Å². The van der Waals surface area contributed by atoms with Gasteiger partial charge in [0.15, 0.2) is 0 Å². The molecular weight excluding hydrogens is 138 g/mol. The molecule has 2 rings (SSSR count). The molecule has 0 unspecified atom stereocenters. The first-order valence-electron chi connectivity index (χ1n) is 3.76. The van der Waals surface area contributed by atoms with Crippen molar-refractivity contribution in [3.8, 4) is 5.75 Å². The molecule has 0 radical (unpaired) electrons. The summed E-state index contributed by atoms with van der Waals surface area (Å²) in [5, 5.41) is 0. The van der Waals surface area contributed by atoms with E-state index in [9.17, 15) is 0 Å². The Labute approximate surface area is 66.0 Å². The van der Waals surface area contributed by atoms with Crippen LogP contribution in [0.15, 0.2) is 18.2 Å². The number of aryl methyl sites for hydroxylation is 1. The molecular formula is C9H11NO. The molecule has 2 nitrogen and oxygen atoms in total. The van der Waals surface area contributed by atoms with Crippen molar-refractivity contribution >= 4 is 0 Å². The van der Waals surface area contributed by atoms with Crippen molar-refractivity contribution in [1.82, 2.24) is 0 Å². The van der Waals surface area contributed by atoms with Gasteiger partial charge >= 0.3 is 0 Å². The van der Waals surface area contributed by atoms with E-state index in [0.717, 1.165) is 11.3 Å². The molecule has 1 atom stereocenters. The SMILES string of the molecule is Cc1ccc2c(c1)OC[C@@H]2N. The Morgan fingerprint density at radius 2 is 2.36 bits per heavy atom. The van der Waals surface area contributed by atoms with Crippen LogP contribution in [0.4, 0.5) is 0 Å². The highest BCUT2D eigenvalue weighted by Gasteiger charge is 2.19. The molecule has 1 aromatic carbocycles. The smallest absolute Gasteiger partial charge is 0.124 e. The van der Waals surface area contributed by atoms with E-state index in [1.165, 1.54) is 5.56 Å². The number of hydrogen-bond acceptors (Lipinski definition) is 2. The topological polar surface area (TPSA) is 35.2 Å². The van der Waals surface area contributed by atoms with Crippen LogP contribution in [-0.4, -0.2) is 6.61 Å². The molecule has 0 amide bonds. The molecule has 1 aliphatic heterocycles. The molecule has 58 valence electrons. The van der Waals surface area contributed by atoms with Crippen LogP contribution < -0.4 is 10.5 Å². The second-order valence-corrected chi connectivity index (χ2v) is 2.96. The van der Waals surface area contributed by atoms with Crippen LogP contribution in [0.1, 0.15) is 17.2 Å². The van der Waals surface area contributed by atoms with Crippen molar-refractivity contribution in [2.24, 2.45) is 5.73 Å². The largest absolute Gasteiger partial charge is 0.491 e. The highest BCUT2D eigenvalue weighted by molar-refractivity contribution is 5.41. The highest BCUT2D eigenvalue weighted by atomic mass is 16.5. The number of fused-ring (bicyclic) bond motifs is 1. The van der Waals surface area contributed by atoms with Crippen molar-refractivity contribution in [2.45, 2.75) is 13.0 Å². The third-order valence-corrected chi connectivity index (χ3v) is 1.99. The molecule has 0 fully saturated rings. The van der Waals surface area contributed by atoms with Crippen molar-refractivity contribution in [3.63, 3.8) is 0 Å². The molecule has 11 heavy (non-hydrogen) atoms. The minimum Gasteiger partial charge on any atom is -0.491 e. The normalized spacial score (nSPS) is 21.1. The molecule has 2 heteroatoms. The molecule has 0 bridgehead atoms. The summed E-state index contributed by atoms with van der Waals surface area (Å²) in [6.07, 6.45) is 0. The summed E-state index contributed by atoms with van der Waals surface area (Å²) < 4.78 is 5.37. The van der Waals surface area contributed by atoms with E-state index < -0.39 is 0 Å². The second-order valence-electron chi connectivity index (χ2n) is 2.96. The van der Waals surface area contributed by atoms with Gasteiger partial charge in [0.25, 0.3) is 0 Å². The van der Waals surface area contributed by atoms with Crippen molar-refractivity contribution < 1.29 is 4.74 Å². The summed E-state index contributed by atoms with van der Waals surface area (Å²) in [6, 6.07) is 6.21. The van der Waals surface area contributed by atoms with Gasteiger partial charge < -0.3 is 10.5 Å². The Bertz CT molecular complexity index is 283. The average molecular weight is 149 g/mol. The van der Waals surface area contributed by atoms with Crippen LogP contribution in [0.2, 0.25) is 0 Å². The summed E-state index contributed by atoms with van der Waals surface area (Å²) in [7, 11) is 0. The van der Waals surface area contributed by atoms with Crippen LogP contribution >= 0.6 is 0 Å². The van der Waals surface area contributed by atoms with Gasteiger partial charge in [-0.05, 0) is 18.6 Å². The first-order valence-corrected chi connectivity index (χ1v) is 3.76. The highest BCUT2D eigenvalue weighted by Crippen LogP contribution is 2.30. The third-order valence-electron chi connectivity index (χ3n) is 1.99. The van der Waals surface area contributed by atoms with Gasteiger partial charge in [-0.3, -0.25) is 0 Å². The molecule has 0 aromatic heterocycles. The van der Waals surface area contributed by atoms with E-state index in [2.05, 4.69) is 6.07 Å². The lowest BCUT2D eigenvalue weighted by molar-refractivity contribution is 0.333. The maximum Gasteiger partial charge on any atom is 0.124 e. The van der Waals surface area contributed by atoms with E-state index in [1.54, 1.807) is 0 Å². The number of rotatable bonds is 0. The van der Waals surface area contributed by atoms with Crippen LogP contribution in [0.5, 0.6) is 5.75 Å². The average Bonchev–Trinajstić information content (AvgIpc) is 2.32. The minimum absolute atomic E-state index is 0.0746. The van der Waals surface area contributed by atoms with Gasteiger partial charge in [-0.2, -0.15) is 0 Å². The lowest BCUT2D eigenvalue weighted by Gasteiger charge is -1.99. The summed E-state index contributed by atoms with van der Waals surface area (Å²) in [6.45, 7) is 2.67. The van der Waals surface area contributed by atoms with Gasteiger partial charge in [0.2, 0.25) is 0 Å². The Balaban J connectivity index is 2.50. The van der Waals surface area contributed by atoms with Crippen LogP contribution in [0, 0.1) is 6.92 Å². The van der Waals surface area contributed by atoms with Crippen LogP contribution in [0.25, 0.3) is 0 Å². The predicted molar refractivity (Wildman–Crippen MR) is 43.6 cm³/mol. The third kappa shape index (κ3) is 0.994. The fraction of sp³-hybridized carbons (Fsp3) is 0.333. The minimum atomic E-state index is 0.0746. The number of hydrogen-bond donors (Lipinski definition) is 1. The number of ether oxygens (including phenoxy) is 1. The Kier molecular flexibility index (Phi) is 1.36. The lowest BCUT2D eigenvalue weighted by Crippen LogP contribution is -2.10. The fourth-order valence-corrected chi connectivity index (χ4v) is 1.34. The van der Waals surface area contributed by atoms with Gasteiger partial charge in [-0.15, -0.1) is 0 Å². The lowest BCUT2D eigenvalue weighted by atomic mass is 10.1. The van der Waals surface area contributed by atoms with E-state index in [4.69, 9.17) is 10.5 Å². The van der Waals surface area contributed by atoms with Crippen molar-refractivity contribution in [1.29, 1.82) is 0 Å². The molecule has 0 aliphatic carbocycles. The van der Waals surface area contributed by atoms with Crippen molar-refractivity contribution in [2.75, 3.05) is 6.61 Å². The van der Waals surface area contributed by atoms with E-state index in [1.807, 2.05) is 19.1 Å². The van der Waals surface area contributed by atoms with Gasteiger partial charge in [0.1, 0.15) is 12.4 Å². The maximum atomic E-state index is 5.77. The number of benzene rings is 1. The maximum absolute atomic E-state index is 5.77. The molecule has 0 saturated carbocycles. The van der Waals surface area contributed by atoms with E-state index in [-0.39, 0.29) is 6.04 Å². The quantitative estimate of drug-likeness (QED) is 0.605. The zero-order valence-corrected chi connectivity index (χ0v) is 6.50. The predicted octanol–water partition coefficient (Wildman–Crippen LogP) is 1.39. The zero-order valence-electron chi connectivity index (χ0n) is 6.50. The van der Waals surface area contributed by atoms with Gasteiger partial charge in [0.05, 0.1) is 6.04 Å².